The van der Waals surface area contributed by atoms with Gasteiger partial charge in [-0.15, -0.1) is 0 Å². The van der Waals surface area contributed by atoms with Gasteiger partial charge in [0.05, 0.1) is 7.11 Å². The maximum atomic E-state index is 5.54. The highest BCUT2D eigenvalue weighted by Gasteiger charge is 2.19. The first kappa shape index (κ1) is 17.5. The molecule has 1 aliphatic rings. The molecule has 1 aromatic heterocycles. The quantitative estimate of drug-likeness (QED) is 0.830. The third-order valence-corrected chi connectivity index (χ3v) is 4.79. The minimum absolute atomic E-state index is 0.839. The molecule has 6 heteroatoms. The molecule has 1 saturated heterocycles. The average molecular weight is 356 g/mol. The van der Waals surface area contributed by atoms with Crippen LogP contribution in [0.2, 0.25) is 0 Å². The van der Waals surface area contributed by atoms with Crippen molar-refractivity contribution in [1.82, 2.24) is 15.2 Å². The molecule has 2 heterocycles. The van der Waals surface area contributed by atoms with Gasteiger partial charge in [-0.05, 0) is 48.5 Å². The molecular weight excluding hydrogens is 332 g/mol. The smallest absolute Gasteiger partial charge is 0.169 e. The van der Waals surface area contributed by atoms with Crippen molar-refractivity contribution in [2.45, 2.75) is 6.42 Å². The molecule has 0 saturated carbocycles. The van der Waals surface area contributed by atoms with E-state index in [4.69, 9.17) is 17.0 Å². The first-order chi connectivity index (χ1) is 12.3. The Morgan fingerprint density at radius 2 is 1.88 bits per heavy atom. The van der Waals surface area contributed by atoms with Gasteiger partial charge in [-0.3, -0.25) is 0 Å². The summed E-state index contributed by atoms with van der Waals surface area (Å²) in [6.07, 6.45) is 2.78. The lowest BCUT2D eigenvalue weighted by molar-refractivity contribution is 0.379. The summed E-state index contributed by atoms with van der Waals surface area (Å²) in [5.74, 6) is 1.93. The van der Waals surface area contributed by atoms with Crippen molar-refractivity contribution in [2.24, 2.45) is 0 Å². The molecule has 3 rings (SSSR count). The van der Waals surface area contributed by atoms with Crippen LogP contribution in [-0.2, 0) is 6.42 Å². The van der Waals surface area contributed by atoms with E-state index in [1.54, 1.807) is 7.11 Å². The molecule has 1 aromatic carbocycles. The lowest BCUT2D eigenvalue weighted by Gasteiger charge is -2.36. The molecule has 1 fully saturated rings. The molecule has 0 aliphatic carbocycles. The minimum Gasteiger partial charge on any atom is -0.497 e. The number of piperazine rings is 1. The Kier molecular flexibility index (Phi) is 6.06. The van der Waals surface area contributed by atoms with Crippen molar-refractivity contribution < 1.29 is 4.74 Å². The number of thiocarbonyl (C=S) groups is 1. The van der Waals surface area contributed by atoms with Gasteiger partial charge in [0, 0.05) is 38.9 Å². The summed E-state index contributed by atoms with van der Waals surface area (Å²) in [6.45, 7) is 4.57. The maximum absolute atomic E-state index is 5.54. The second kappa shape index (κ2) is 8.67. The number of hydrogen-bond donors (Lipinski definition) is 1. The van der Waals surface area contributed by atoms with E-state index in [2.05, 4.69) is 38.3 Å². The third kappa shape index (κ3) is 4.82. The van der Waals surface area contributed by atoms with E-state index in [0.29, 0.717) is 0 Å². The Balaban J connectivity index is 1.40. The summed E-state index contributed by atoms with van der Waals surface area (Å²) in [4.78, 5) is 8.96. The van der Waals surface area contributed by atoms with Crippen LogP contribution < -0.4 is 15.0 Å². The Morgan fingerprint density at radius 3 is 2.52 bits per heavy atom. The molecule has 0 radical (unpaired) electrons. The lowest BCUT2D eigenvalue weighted by Crippen LogP contribution is -2.52. The van der Waals surface area contributed by atoms with Crippen LogP contribution >= 0.6 is 12.2 Å². The van der Waals surface area contributed by atoms with Crippen LogP contribution in [0.15, 0.2) is 48.7 Å². The first-order valence-corrected chi connectivity index (χ1v) is 8.99. The molecule has 0 atom stereocenters. The fourth-order valence-electron chi connectivity index (χ4n) is 2.90. The van der Waals surface area contributed by atoms with Crippen LogP contribution in [-0.4, -0.2) is 54.8 Å². The Hall–Kier alpha value is -2.34. The molecule has 0 unspecified atom stereocenters. The highest BCUT2D eigenvalue weighted by molar-refractivity contribution is 7.80. The van der Waals surface area contributed by atoms with E-state index >= 15 is 0 Å². The molecule has 0 bridgehead atoms. The predicted octanol–water partition coefficient (Wildman–Crippen LogP) is 2.33. The maximum Gasteiger partial charge on any atom is 0.169 e. The summed E-state index contributed by atoms with van der Waals surface area (Å²) in [5.41, 5.74) is 1.27. The molecular formula is C19H24N4OS. The highest BCUT2D eigenvalue weighted by Crippen LogP contribution is 2.13. The van der Waals surface area contributed by atoms with Gasteiger partial charge < -0.3 is 19.9 Å². The van der Waals surface area contributed by atoms with Gasteiger partial charge in [-0.25, -0.2) is 4.98 Å². The number of ether oxygens (including phenoxy) is 1. The van der Waals surface area contributed by atoms with E-state index in [1.165, 1.54) is 5.56 Å². The SMILES string of the molecule is COc1ccc(CCNC(=S)N2CCN(c3ccccn3)CC2)cc1. The van der Waals surface area contributed by atoms with E-state index in [1.807, 2.05) is 30.5 Å². The van der Waals surface area contributed by atoms with Gasteiger partial charge in [0.15, 0.2) is 5.11 Å². The fraction of sp³-hybridized carbons (Fsp3) is 0.368. The largest absolute Gasteiger partial charge is 0.497 e. The number of hydrogen-bond acceptors (Lipinski definition) is 4. The van der Waals surface area contributed by atoms with Crippen LogP contribution in [0.3, 0.4) is 0 Å². The molecule has 25 heavy (non-hydrogen) atoms. The van der Waals surface area contributed by atoms with Crippen LogP contribution in [0.25, 0.3) is 0 Å². The number of rotatable bonds is 5. The summed E-state index contributed by atoms with van der Waals surface area (Å²) in [6, 6.07) is 14.2. The predicted molar refractivity (Wildman–Crippen MR) is 105 cm³/mol. The van der Waals surface area contributed by atoms with Crippen molar-refractivity contribution in [2.75, 3.05) is 44.7 Å². The molecule has 5 nitrogen and oxygen atoms in total. The van der Waals surface area contributed by atoms with Gasteiger partial charge in [0.25, 0.3) is 0 Å². The number of nitrogens with zero attached hydrogens (tertiary/aromatic N) is 3. The van der Waals surface area contributed by atoms with Crippen LogP contribution in [0.1, 0.15) is 5.56 Å². The van der Waals surface area contributed by atoms with Crippen LogP contribution in [0.5, 0.6) is 5.75 Å². The van der Waals surface area contributed by atoms with Gasteiger partial charge in [0.1, 0.15) is 11.6 Å². The van der Waals surface area contributed by atoms with Crippen LogP contribution in [0.4, 0.5) is 5.82 Å². The zero-order valence-electron chi connectivity index (χ0n) is 14.5. The Labute approximate surface area is 154 Å². The van der Waals surface area contributed by atoms with Gasteiger partial charge >= 0.3 is 0 Å². The zero-order valence-corrected chi connectivity index (χ0v) is 15.3. The average Bonchev–Trinajstić information content (AvgIpc) is 2.69. The first-order valence-electron chi connectivity index (χ1n) is 8.58. The van der Waals surface area contributed by atoms with Gasteiger partial charge in [0.2, 0.25) is 0 Å². The standard InChI is InChI=1S/C19H24N4OS/c1-24-17-7-5-16(6-8-17)9-11-21-19(25)23-14-12-22(13-15-23)18-4-2-3-10-20-18/h2-8,10H,9,11-15H2,1H3,(H,21,25). The molecule has 0 amide bonds. The van der Waals surface area contributed by atoms with E-state index in [9.17, 15) is 0 Å². The third-order valence-electron chi connectivity index (χ3n) is 4.39. The molecule has 1 N–H and O–H groups in total. The summed E-state index contributed by atoms with van der Waals surface area (Å²) >= 11 is 5.54. The monoisotopic (exact) mass is 356 g/mol. The second-order valence-electron chi connectivity index (χ2n) is 5.99. The highest BCUT2D eigenvalue weighted by atomic mass is 32.1. The molecule has 2 aromatic rings. The number of aromatic nitrogens is 1. The number of pyridine rings is 1. The molecule has 0 spiro atoms. The topological polar surface area (TPSA) is 40.6 Å². The zero-order chi connectivity index (χ0) is 17.5. The van der Waals surface area contributed by atoms with Crippen LogP contribution in [0, 0.1) is 0 Å². The van der Waals surface area contributed by atoms with Crippen molar-refractivity contribution >= 4 is 23.1 Å². The summed E-state index contributed by atoms with van der Waals surface area (Å²) in [5, 5.41) is 4.22. The number of benzene rings is 1. The van der Waals surface area contributed by atoms with E-state index in [-0.39, 0.29) is 0 Å². The fourth-order valence-corrected chi connectivity index (χ4v) is 3.18. The Morgan fingerprint density at radius 1 is 1.12 bits per heavy atom. The van der Waals surface area contributed by atoms with E-state index < -0.39 is 0 Å². The number of anilines is 1. The van der Waals surface area contributed by atoms with Gasteiger partial charge in [-0.1, -0.05) is 18.2 Å². The van der Waals surface area contributed by atoms with Crippen molar-refractivity contribution in [3.63, 3.8) is 0 Å². The minimum atomic E-state index is 0.839. The summed E-state index contributed by atoms with van der Waals surface area (Å²) < 4.78 is 5.18. The molecule has 132 valence electrons. The Bertz CT molecular complexity index is 670. The van der Waals surface area contributed by atoms with Gasteiger partial charge in [-0.2, -0.15) is 0 Å². The number of methoxy groups -OCH3 is 1. The second-order valence-corrected chi connectivity index (χ2v) is 6.38. The van der Waals surface area contributed by atoms with Crippen molar-refractivity contribution in [3.05, 3.63) is 54.2 Å². The lowest BCUT2D eigenvalue weighted by atomic mass is 10.1. The number of nitrogens with one attached hydrogen (secondary N) is 1. The van der Waals surface area contributed by atoms with E-state index in [0.717, 1.165) is 55.8 Å². The normalized spacial score (nSPS) is 14.3. The molecule has 1 aliphatic heterocycles. The van der Waals surface area contributed by atoms with Crippen molar-refractivity contribution in [1.29, 1.82) is 0 Å². The van der Waals surface area contributed by atoms with Crippen molar-refractivity contribution in [3.8, 4) is 5.75 Å². The summed E-state index contributed by atoms with van der Waals surface area (Å²) in [7, 11) is 1.68.